The Morgan fingerprint density at radius 3 is 2.55 bits per heavy atom. The zero-order valence-electron chi connectivity index (χ0n) is 17.1. The molecule has 7 heteroatoms. The van der Waals surface area contributed by atoms with E-state index < -0.39 is 10.0 Å². The standard InChI is InChI=1S/C22H31N3O3S/c1-24-14-12-17-15-20(10-11-21(17)24)29(27,28)25-13-6-7-18(16-25)22(26)23-19-8-4-2-3-5-9-19/h10-12,14-15,18-19H,2-9,13,16H2,1H3,(H,23,26)/t18-/m0/s1. The molecule has 0 unspecified atom stereocenters. The maximum absolute atomic E-state index is 13.2. The lowest BCUT2D eigenvalue weighted by Gasteiger charge is -2.32. The first-order valence-electron chi connectivity index (χ1n) is 10.8. The highest BCUT2D eigenvalue weighted by molar-refractivity contribution is 7.89. The minimum absolute atomic E-state index is 0.0234. The van der Waals surface area contributed by atoms with Crippen molar-refractivity contribution in [3.05, 3.63) is 30.5 Å². The molecule has 1 amide bonds. The van der Waals surface area contributed by atoms with Gasteiger partial charge in [0.2, 0.25) is 15.9 Å². The Kier molecular flexibility index (Phi) is 5.97. The van der Waals surface area contributed by atoms with E-state index in [-0.39, 0.29) is 24.4 Å². The number of carbonyl (C=O) groups is 1. The average molecular weight is 418 g/mol. The summed E-state index contributed by atoms with van der Waals surface area (Å²) in [6, 6.07) is 7.43. The second-order valence-electron chi connectivity index (χ2n) is 8.55. The molecule has 4 rings (SSSR count). The topological polar surface area (TPSA) is 71.4 Å². The number of aryl methyl sites for hydroxylation is 1. The van der Waals surface area contributed by atoms with Crippen LogP contribution >= 0.6 is 0 Å². The highest BCUT2D eigenvalue weighted by Crippen LogP contribution is 2.27. The Balaban J connectivity index is 1.46. The van der Waals surface area contributed by atoms with Crippen LogP contribution in [0.4, 0.5) is 0 Å². The summed E-state index contributed by atoms with van der Waals surface area (Å²) in [6.07, 6.45) is 10.3. The predicted octanol–water partition coefficient (Wildman–Crippen LogP) is 3.42. The molecule has 1 aromatic carbocycles. The van der Waals surface area contributed by atoms with Gasteiger partial charge in [0.05, 0.1) is 10.8 Å². The highest BCUT2D eigenvalue weighted by atomic mass is 32.2. The number of hydrogen-bond donors (Lipinski definition) is 1. The molecule has 1 atom stereocenters. The Morgan fingerprint density at radius 1 is 1.03 bits per heavy atom. The van der Waals surface area contributed by atoms with E-state index in [1.807, 2.05) is 29.9 Å². The van der Waals surface area contributed by atoms with Crippen molar-refractivity contribution in [3.63, 3.8) is 0 Å². The molecule has 1 aliphatic carbocycles. The summed E-state index contributed by atoms with van der Waals surface area (Å²) in [6.45, 7) is 0.746. The van der Waals surface area contributed by atoms with Gasteiger partial charge >= 0.3 is 0 Å². The predicted molar refractivity (Wildman–Crippen MR) is 114 cm³/mol. The molecule has 29 heavy (non-hydrogen) atoms. The molecular weight excluding hydrogens is 386 g/mol. The summed E-state index contributed by atoms with van der Waals surface area (Å²) in [5.74, 6) is -0.238. The highest BCUT2D eigenvalue weighted by Gasteiger charge is 2.34. The maximum atomic E-state index is 13.2. The van der Waals surface area contributed by atoms with Gasteiger partial charge in [0.15, 0.2) is 0 Å². The van der Waals surface area contributed by atoms with Crippen LogP contribution in [0.2, 0.25) is 0 Å². The Bertz CT molecular complexity index is 974. The van der Waals surface area contributed by atoms with E-state index in [2.05, 4.69) is 5.32 Å². The van der Waals surface area contributed by atoms with Crippen LogP contribution in [0.25, 0.3) is 10.9 Å². The SMILES string of the molecule is Cn1ccc2cc(S(=O)(=O)N3CCC[C@H](C(=O)NC4CCCCCC4)C3)ccc21. The number of nitrogens with one attached hydrogen (secondary N) is 1. The normalized spacial score (nSPS) is 22.4. The number of fused-ring (bicyclic) bond motifs is 1. The number of nitrogens with zero attached hydrogens (tertiary/aromatic N) is 2. The van der Waals surface area contributed by atoms with Crippen LogP contribution in [-0.4, -0.2) is 42.3 Å². The number of aromatic nitrogens is 1. The third-order valence-electron chi connectivity index (χ3n) is 6.45. The van der Waals surface area contributed by atoms with Gasteiger partial charge < -0.3 is 9.88 Å². The smallest absolute Gasteiger partial charge is 0.243 e. The second kappa shape index (κ2) is 8.48. The average Bonchev–Trinajstić information content (AvgIpc) is 2.92. The van der Waals surface area contributed by atoms with E-state index in [0.29, 0.717) is 11.4 Å². The first-order valence-corrected chi connectivity index (χ1v) is 12.2. The fourth-order valence-corrected chi connectivity index (χ4v) is 6.25. The molecule has 1 saturated carbocycles. The minimum atomic E-state index is -3.61. The van der Waals surface area contributed by atoms with Crippen LogP contribution in [0.5, 0.6) is 0 Å². The van der Waals surface area contributed by atoms with Gasteiger partial charge in [0.1, 0.15) is 0 Å². The van der Waals surface area contributed by atoms with Gasteiger partial charge in [-0.15, -0.1) is 0 Å². The molecule has 0 bridgehead atoms. The Morgan fingerprint density at radius 2 is 1.79 bits per heavy atom. The van der Waals surface area contributed by atoms with Crippen molar-refractivity contribution in [2.24, 2.45) is 13.0 Å². The molecule has 2 aromatic rings. The van der Waals surface area contributed by atoms with E-state index >= 15 is 0 Å². The molecule has 2 heterocycles. The zero-order chi connectivity index (χ0) is 20.4. The number of amides is 1. The molecule has 0 spiro atoms. The van der Waals surface area contributed by atoms with Crippen LogP contribution in [0.1, 0.15) is 51.4 Å². The van der Waals surface area contributed by atoms with Gasteiger partial charge in [0, 0.05) is 43.3 Å². The van der Waals surface area contributed by atoms with Gasteiger partial charge in [-0.3, -0.25) is 4.79 Å². The summed E-state index contributed by atoms with van der Waals surface area (Å²) >= 11 is 0. The van der Waals surface area contributed by atoms with Crippen molar-refractivity contribution in [1.82, 2.24) is 14.2 Å². The molecule has 1 saturated heterocycles. The Labute approximate surface area is 173 Å². The molecular formula is C22H31N3O3S. The summed E-state index contributed by atoms with van der Waals surface area (Å²) in [5, 5.41) is 4.11. The van der Waals surface area contributed by atoms with E-state index in [9.17, 15) is 13.2 Å². The van der Waals surface area contributed by atoms with E-state index in [1.165, 1.54) is 17.1 Å². The van der Waals surface area contributed by atoms with Crippen molar-refractivity contribution in [1.29, 1.82) is 0 Å². The van der Waals surface area contributed by atoms with Crippen molar-refractivity contribution < 1.29 is 13.2 Å². The lowest BCUT2D eigenvalue weighted by Crippen LogP contribution is -2.47. The summed E-state index contributed by atoms with van der Waals surface area (Å²) in [5.41, 5.74) is 1.00. The van der Waals surface area contributed by atoms with Crippen LogP contribution in [-0.2, 0) is 21.9 Å². The van der Waals surface area contributed by atoms with Crippen molar-refractivity contribution in [3.8, 4) is 0 Å². The molecule has 1 N–H and O–H groups in total. The largest absolute Gasteiger partial charge is 0.353 e. The summed E-state index contributed by atoms with van der Waals surface area (Å²) < 4.78 is 29.9. The van der Waals surface area contributed by atoms with Gasteiger partial charge in [-0.25, -0.2) is 8.42 Å². The third kappa shape index (κ3) is 4.36. The van der Waals surface area contributed by atoms with Gasteiger partial charge in [0.25, 0.3) is 0 Å². The number of rotatable bonds is 4. The number of carbonyl (C=O) groups excluding carboxylic acids is 1. The monoisotopic (exact) mass is 417 g/mol. The first-order chi connectivity index (χ1) is 13.9. The van der Waals surface area contributed by atoms with Crippen molar-refractivity contribution in [2.75, 3.05) is 13.1 Å². The molecule has 1 aliphatic heterocycles. The van der Waals surface area contributed by atoms with Gasteiger partial charge in [-0.1, -0.05) is 25.7 Å². The van der Waals surface area contributed by atoms with E-state index in [4.69, 9.17) is 0 Å². The maximum Gasteiger partial charge on any atom is 0.243 e. The lowest BCUT2D eigenvalue weighted by molar-refractivity contribution is -0.126. The summed E-state index contributed by atoms with van der Waals surface area (Å²) in [4.78, 5) is 13.1. The van der Waals surface area contributed by atoms with E-state index in [1.54, 1.807) is 12.1 Å². The van der Waals surface area contributed by atoms with Gasteiger partial charge in [-0.05, 0) is 49.9 Å². The molecule has 0 radical (unpaired) electrons. The number of hydrogen-bond acceptors (Lipinski definition) is 3. The number of piperidine rings is 1. The van der Waals surface area contributed by atoms with Crippen molar-refractivity contribution >= 4 is 26.8 Å². The van der Waals surface area contributed by atoms with E-state index in [0.717, 1.165) is 49.4 Å². The number of benzene rings is 1. The van der Waals surface area contributed by atoms with Crippen LogP contribution in [0.3, 0.4) is 0 Å². The van der Waals surface area contributed by atoms with Crippen molar-refractivity contribution in [2.45, 2.75) is 62.3 Å². The fourth-order valence-electron chi connectivity index (χ4n) is 4.69. The number of sulfonamides is 1. The van der Waals surface area contributed by atoms with Crippen LogP contribution in [0.15, 0.2) is 35.4 Å². The third-order valence-corrected chi connectivity index (χ3v) is 8.31. The molecule has 1 aromatic heterocycles. The lowest BCUT2D eigenvalue weighted by atomic mass is 9.97. The Hall–Kier alpha value is -1.86. The van der Waals surface area contributed by atoms with Gasteiger partial charge in [-0.2, -0.15) is 4.31 Å². The molecule has 2 fully saturated rings. The van der Waals surface area contributed by atoms with Crippen LogP contribution < -0.4 is 5.32 Å². The quantitative estimate of drug-likeness (QED) is 0.775. The fraction of sp³-hybridized carbons (Fsp3) is 0.591. The summed E-state index contributed by atoms with van der Waals surface area (Å²) in [7, 11) is -1.66. The second-order valence-corrected chi connectivity index (χ2v) is 10.5. The van der Waals surface area contributed by atoms with Crippen LogP contribution in [0, 0.1) is 5.92 Å². The first kappa shape index (κ1) is 20.4. The molecule has 2 aliphatic rings. The molecule has 6 nitrogen and oxygen atoms in total. The zero-order valence-corrected chi connectivity index (χ0v) is 18.0. The molecule has 158 valence electrons. The minimum Gasteiger partial charge on any atom is -0.353 e.